The van der Waals surface area contributed by atoms with E-state index in [9.17, 15) is 9.59 Å². The van der Waals surface area contributed by atoms with E-state index in [0.29, 0.717) is 21.9 Å². The Bertz CT molecular complexity index is 1600. The predicted molar refractivity (Wildman–Crippen MR) is 137 cm³/mol. The van der Waals surface area contributed by atoms with Crippen molar-refractivity contribution in [2.24, 2.45) is 0 Å². The van der Waals surface area contributed by atoms with Crippen LogP contribution in [0, 0.1) is 20.8 Å². The van der Waals surface area contributed by atoms with E-state index in [2.05, 4.69) is 5.32 Å². The normalized spacial score (nSPS) is 11.3. The highest BCUT2D eigenvalue weighted by Gasteiger charge is 2.20. The van der Waals surface area contributed by atoms with Crippen molar-refractivity contribution in [1.29, 1.82) is 0 Å². The van der Waals surface area contributed by atoms with E-state index in [-0.39, 0.29) is 22.8 Å². The second-order valence-electron chi connectivity index (χ2n) is 8.23. The van der Waals surface area contributed by atoms with Gasteiger partial charge in [-0.1, -0.05) is 53.7 Å². The van der Waals surface area contributed by atoms with Crippen molar-refractivity contribution in [3.63, 3.8) is 0 Å². The van der Waals surface area contributed by atoms with Crippen LogP contribution < -0.4 is 10.9 Å². The van der Waals surface area contributed by atoms with Crippen molar-refractivity contribution in [2.75, 3.05) is 11.1 Å². The number of aromatic nitrogens is 2. The van der Waals surface area contributed by atoms with Gasteiger partial charge in [0.2, 0.25) is 11.5 Å². The first-order valence-corrected chi connectivity index (χ1v) is 11.9. The fourth-order valence-corrected chi connectivity index (χ4v) is 4.65. The largest absolute Gasteiger partial charge is 0.448 e. The number of aryl methyl sites for hydroxylation is 2. The van der Waals surface area contributed by atoms with Crippen molar-refractivity contribution >= 4 is 45.4 Å². The minimum Gasteiger partial charge on any atom is -0.448 e. The monoisotopic (exact) mass is 469 g/mol. The lowest BCUT2D eigenvalue weighted by atomic mass is 10.1. The molecule has 0 saturated carbocycles. The van der Waals surface area contributed by atoms with E-state index in [1.54, 1.807) is 0 Å². The second-order valence-corrected chi connectivity index (χ2v) is 9.17. The van der Waals surface area contributed by atoms with Crippen LogP contribution >= 0.6 is 11.8 Å². The molecule has 6 nitrogen and oxygen atoms in total. The zero-order chi connectivity index (χ0) is 23.8. The van der Waals surface area contributed by atoms with Gasteiger partial charge in [0.1, 0.15) is 11.1 Å². The smallest absolute Gasteiger partial charge is 0.302 e. The summed E-state index contributed by atoms with van der Waals surface area (Å²) in [5, 5.41) is 4.18. The number of para-hydroxylation sites is 1. The Morgan fingerprint density at radius 2 is 1.76 bits per heavy atom. The number of rotatable bonds is 5. The molecule has 5 aromatic rings. The van der Waals surface area contributed by atoms with Crippen molar-refractivity contribution in [2.45, 2.75) is 25.9 Å². The van der Waals surface area contributed by atoms with Crippen LogP contribution in [0.15, 0.2) is 81.1 Å². The van der Waals surface area contributed by atoms with Gasteiger partial charge < -0.3 is 9.73 Å². The summed E-state index contributed by atoms with van der Waals surface area (Å²) < 4.78 is 7.38. The Balaban J connectivity index is 1.55. The first-order chi connectivity index (χ1) is 16.4. The lowest BCUT2D eigenvalue weighted by Gasteiger charge is -2.13. The van der Waals surface area contributed by atoms with Gasteiger partial charge in [-0.15, -0.1) is 0 Å². The fraction of sp³-hybridized carbons (Fsp3) is 0.148. The third-order valence-electron chi connectivity index (χ3n) is 5.87. The molecule has 0 saturated heterocycles. The zero-order valence-electron chi connectivity index (χ0n) is 19.1. The zero-order valence-corrected chi connectivity index (χ0v) is 19.9. The summed E-state index contributed by atoms with van der Waals surface area (Å²) in [4.78, 5) is 31.1. The van der Waals surface area contributed by atoms with Crippen LogP contribution in [0.5, 0.6) is 0 Å². The minimum absolute atomic E-state index is 0.104. The van der Waals surface area contributed by atoms with Gasteiger partial charge in [0.05, 0.1) is 11.4 Å². The van der Waals surface area contributed by atoms with Gasteiger partial charge in [0, 0.05) is 11.1 Å². The van der Waals surface area contributed by atoms with Crippen molar-refractivity contribution in [1.82, 2.24) is 9.55 Å². The summed E-state index contributed by atoms with van der Waals surface area (Å²) in [6.45, 7) is 5.97. The summed E-state index contributed by atoms with van der Waals surface area (Å²) in [6, 6.07) is 20.9. The summed E-state index contributed by atoms with van der Waals surface area (Å²) in [5.41, 5.74) is 5.67. The average Bonchev–Trinajstić information content (AvgIpc) is 3.21. The number of nitrogens with zero attached hydrogens (tertiary/aromatic N) is 2. The number of hydrogen-bond donors (Lipinski definition) is 1. The SMILES string of the molecule is Cc1ccc(-n2c(SCC(=O)Nc3cccc(C)c3C)nc3c(oc4ccccc43)c2=O)cc1. The maximum atomic E-state index is 13.5. The molecule has 5 rings (SSSR count). The van der Waals surface area contributed by atoms with Gasteiger partial charge >= 0.3 is 5.56 Å². The Morgan fingerprint density at radius 3 is 2.56 bits per heavy atom. The Kier molecular flexibility index (Phi) is 5.71. The summed E-state index contributed by atoms with van der Waals surface area (Å²) in [5.74, 6) is -0.0620. The highest BCUT2D eigenvalue weighted by molar-refractivity contribution is 7.99. The van der Waals surface area contributed by atoms with Gasteiger partial charge in [0.15, 0.2) is 5.16 Å². The number of carbonyl (C=O) groups excluding carboxylic acids is 1. The maximum Gasteiger partial charge on any atom is 0.302 e. The van der Waals surface area contributed by atoms with Crippen LogP contribution in [0.4, 0.5) is 5.69 Å². The summed E-state index contributed by atoms with van der Waals surface area (Å²) >= 11 is 1.22. The highest BCUT2D eigenvalue weighted by atomic mass is 32.2. The van der Waals surface area contributed by atoms with E-state index in [1.165, 1.54) is 16.3 Å². The van der Waals surface area contributed by atoms with Gasteiger partial charge in [-0.05, 0) is 62.2 Å². The molecule has 170 valence electrons. The first kappa shape index (κ1) is 22.0. The standard InChI is InChI=1S/C27H23N3O3S/c1-16-11-13-19(14-12-16)30-26(32)25-24(20-8-4-5-10-22(20)33-25)29-27(30)34-15-23(31)28-21-9-6-7-17(2)18(21)3/h4-14H,15H2,1-3H3,(H,28,31). The Morgan fingerprint density at radius 1 is 1.00 bits per heavy atom. The molecule has 0 bridgehead atoms. The number of amides is 1. The van der Waals surface area contributed by atoms with E-state index in [1.807, 2.05) is 87.5 Å². The predicted octanol–water partition coefficient (Wildman–Crippen LogP) is 5.79. The summed E-state index contributed by atoms with van der Waals surface area (Å²) in [7, 11) is 0. The van der Waals surface area contributed by atoms with Crippen molar-refractivity contribution in [3.8, 4) is 5.69 Å². The lowest BCUT2D eigenvalue weighted by molar-refractivity contribution is -0.113. The van der Waals surface area contributed by atoms with Gasteiger partial charge in [-0.3, -0.25) is 14.2 Å². The molecule has 2 aromatic heterocycles. The molecule has 3 aromatic carbocycles. The van der Waals surface area contributed by atoms with Crippen LogP contribution in [-0.2, 0) is 4.79 Å². The van der Waals surface area contributed by atoms with Crippen LogP contribution in [0.1, 0.15) is 16.7 Å². The molecule has 2 heterocycles. The number of anilines is 1. The van der Waals surface area contributed by atoms with Crippen molar-refractivity contribution in [3.05, 3.63) is 93.8 Å². The van der Waals surface area contributed by atoms with E-state index in [4.69, 9.17) is 9.40 Å². The number of furan rings is 1. The molecular weight excluding hydrogens is 446 g/mol. The molecule has 1 N–H and O–H groups in total. The molecule has 34 heavy (non-hydrogen) atoms. The molecule has 0 radical (unpaired) electrons. The molecule has 0 fully saturated rings. The fourth-order valence-electron chi connectivity index (χ4n) is 3.84. The second kappa shape index (κ2) is 8.83. The first-order valence-electron chi connectivity index (χ1n) is 10.9. The molecule has 0 atom stereocenters. The van der Waals surface area contributed by atoms with E-state index < -0.39 is 0 Å². The van der Waals surface area contributed by atoms with Gasteiger partial charge in [-0.25, -0.2) is 4.98 Å². The summed E-state index contributed by atoms with van der Waals surface area (Å²) in [6.07, 6.45) is 0. The lowest BCUT2D eigenvalue weighted by Crippen LogP contribution is -2.22. The molecule has 0 aliphatic heterocycles. The average molecular weight is 470 g/mol. The third-order valence-corrected chi connectivity index (χ3v) is 6.81. The van der Waals surface area contributed by atoms with E-state index in [0.717, 1.165) is 27.8 Å². The molecule has 0 aliphatic rings. The number of hydrogen-bond acceptors (Lipinski definition) is 5. The molecule has 0 aliphatic carbocycles. The topological polar surface area (TPSA) is 77.1 Å². The number of carbonyl (C=O) groups is 1. The third kappa shape index (κ3) is 3.99. The van der Waals surface area contributed by atoms with Crippen LogP contribution in [0.3, 0.4) is 0 Å². The number of fused-ring (bicyclic) bond motifs is 3. The minimum atomic E-state index is -0.303. The Hall–Kier alpha value is -3.84. The molecule has 7 heteroatoms. The van der Waals surface area contributed by atoms with Crippen LogP contribution in [0.25, 0.3) is 27.8 Å². The molecule has 0 unspecified atom stereocenters. The van der Waals surface area contributed by atoms with E-state index >= 15 is 0 Å². The number of thioether (sulfide) groups is 1. The molecule has 1 amide bonds. The Labute approximate surface area is 200 Å². The number of benzene rings is 3. The van der Waals surface area contributed by atoms with Crippen molar-refractivity contribution < 1.29 is 9.21 Å². The highest BCUT2D eigenvalue weighted by Crippen LogP contribution is 2.29. The van der Waals surface area contributed by atoms with Crippen LogP contribution in [0.2, 0.25) is 0 Å². The van der Waals surface area contributed by atoms with Gasteiger partial charge in [0.25, 0.3) is 0 Å². The van der Waals surface area contributed by atoms with Crippen LogP contribution in [-0.4, -0.2) is 21.2 Å². The molecule has 0 spiro atoms. The maximum absolute atomic E-state index is 13.5. The molecular formula is C27H23N3O3S. The number of nitrogens with one attached hydrogen (secondary N) is 1. The quantitative estimate of drug-likeness (QED) is 0.260. The van der Waals surface area contributed by atoms with Gasteiger partial charge in [-0.2, -0.15) is 0 Å².